The van der Waals surface area contributed by atoms with E-state index in [-0.39, 0.29) is 18.4 Å². The lowest BCUT2D eigenvalue weighted by Gasteiger charge is -2.43. The van der Waals surface area contributed by atoms with E-state index in [1.54, 1.807) is 25.7 Å². The smallest absolute Gasteiger partial charge is 0.408 e. The number of para-hydroxylation sites is 1. The molecule has 0 aromatic heterocycles. The lowest BCUT2D eigenvalue weighted by molar-refractivity contribution is -0.145. The Morgan fingerprint density at radius 3 is 2.03 bits per heavy atom. The number of amides is 3. The zero-order valence-electron chi connectivity index (χ0n) is 22.2. The molecule has 2 N–H and O–H groups in total. The molecule has 7 nitrogen and oxygen atoms in total. The van der Waals surface area contributed by atoms with Gasteiger partial charge in [-0.15, -0.1) is 0 Å². The van der Waals surface area contributed by atoms with E-state index in [4.69, 9.17) is 4.74 Å². The van der Waals surface area contributed by atoms with Crippen LogP contribution in [0.15, 0.2) is 48.5 Å². The van der Waals surface area contributed by atoms with Crippen LogP contribution in [0.2, 0.25) is 0 Å². The van der Waals surface area contributed by atoms with E-state index in [2.05, 4.69) is 10.6 Å². The zero-order chi connectivity index (χ0) is 26.4. The number of aryl methyl sites for hydroxylation is 2. The summed E-state index contributed by atoms with van der Waals surface area (Å²) in [5.74, 6) is -0.698. The number of hydrogen-bond acceptors (Lipinski definition) is 4. The second kappa shape index (κ2) is 11.4. The van der Waals surface area contributed by atoms with Crippen molar-refractivity contribution in [3.63, 3.8) is 0 Å². The highest BCUT2D eigenvalue weighted by Gasteiger charge is 2.40. The summed E-state index contributed by atoms with van der Waals surface area (Å²) in [6.45, 7) is 14.6. The monoisotopic (exact) mass is 481 g/mol. The molecule has 0 bridgehead atoms. The molecule has 0 heterocycles. The molecule has 0 aliphatic carbocycles. The van der Waals surface area contributed by atoms with Crippen LogP contribution in [0.5, 0.6) is 0 Å². The molecule has 0 spiro atoms. The first kappa shape index (κ1) is 27.9. The Hall–Kier alpha value is -3.35. The van der Waals surface area contributed by atoms with Crippen molar-refractivity contribution in [3.05, 3.63) is 65.2 Å². The normalized spacial score (nSPS) is 12.5. The zero-order valence-corrected chi connectivity index (χ0v) is 22.2. The van der Waals surface area contributed by atoms with Crippen molar-refractivity contribution < 1.29 is 19.1 Å². The number of benzene rings is 2. The Morgan fingerprint density at radius 1 is 0.914 bits per heavy atom. The molecule has 0 fully saturated rings. The topological polar surface area (TPSA) is 87.7 Å². The minimum atomic E-state index is -0.904. The first-order valence-corrected chi connectivity index (χ1v) is 12.0. The third-order valence-electron chi connectivity index (χ3n) is 5.96. The Kier molecular flexibility index (Phi) is 9.07. The molecule has 0 aliphatic rings. The second-order valence-electron chi connectivity index (χ2n) is 10.3. The van der Waals surface area contributed by atoms with Crippen molar-refractivity contribution in [2.75, 3.05) is 11.9 Å². The van der Waals surface area contributed by atoms with Crippen LogP contribution in [-0.4, -0.2) is 40.5 Å². The van der Waals surface area contributed by atoms with E-state index in [1.165, 1.54) is 0 Å². The third-order valence-corrected chi connectivity index (χ3v) is 5.96. The maximum absolute atomic E-state index is 13.8. The van der Waals surface area contributed by atoms with E-state index in [0.717, 1.165) is 16.7 Å². The molecule has 0 saturated carbocycles. The summed E-state index contributed by atoms with van der Waals surface area (Å²) >= 11 is 0. The number of carbonyl (C=O) groups excluding carboxylic acids is 3. The van der Waals surface area contributed by atoms with Gasteiger partial charge in [0.25, 0.3) is 5.91 Å². The maximum atomic E-state index is 13.8. The molecule has 0 saturated heterocycles. The fourth-order valence-corrected chi connectivity index (χ4v) is 3.75. The van der Waals surface area contributed by atoms with Gasteiger partial charge in [0, 0.05) is 11.2 Å². The average molecular weight is 482 g/mol. The van der Waals surface area contributed by atoms with Crippen molar-refractivity contribution in [3.8, 4) is 0 Å². The van der Waals surface area contributed by atoms with Crippen molar-refractivity contribution in [2.24, 2.45) is 0 Å². The molecule has 3 amide bonds. The van der Waals surface area contributed by atoms with Crippen molar-refractivity contribution >= 4 is 23.6 Å². The first-order chi connectivity index (χ1) is 16.3. The number of hydrogen-bond donors (Lipinski definition) is 2. The Morgan fingerprint density at radius 2 is 1.49 bits per heavy atom. The third kappa shape index (κ3) is 7.57. The van der Waals surface area contributed by atoms with Crippen molar-refractivity contribution in [2.45, 2.75) is 79.0 Å². The number of nitrogens with zero attached hydrogens (tertiary/aromatic N) is 1. The number of anilines is 1. The average Bonchev–Trinajstić information content (AvgIpc) is 2.76. The van der Waals surface area contributed by atoms with Crippen LogP contribution in [-0.2, 0) is 14.3 Å². The Bertz CT molecular complexity index is 1060. The molecule has 2 rings (SSSR count). The minimum Gasteiger partial charge on any atom is -0.444 e. The highest BCUT2D eigenvalue weighted by molar-refractivity contribution is 5.99. The Balaban J connectivity index is 2.49. The molecule has 2 aromatic carbocycles. The molecule has 190 valence electrons. The Labute approximate surface area is 209 Å². The predicted molar refractivity (Wildman–Crippen MR) is 139 cm³/mol. The summed E-state index contributed by atoms with van der Waals surface area (Å²) in [4.78, 5) is 41.3. The standard InChI is InChI=1S/C28H39N3O4/c1-9-28(7,8)31(23(32)18-29-26(34)35-27(4,5)6)24(21-16-12-10-14-19(21)2)25(33)30-22-17-13-11-15-20(22)3/h10-17,24H,9,18H2,1-8H3,(H,29,34)(H,30,33). The van der Waals surface area contributed by atoms with Gasteiger partial charge in [-0.25, -0.2) is 4.79 Å². The first-order valence-electron chi connectivity index (χ1n) is 12.0. The number of nitrogens with one attached hydrogen (secondary N) is 2. The highest BCUT2D eigenvalue weighted by Crippen LogP contribution is 2.33. The molecule has 2 aromatic rings. The van der Waals surface area contributed by atoms with Crippen LogP contribution in [0.3, 0.4) is 0 Å². The van der Waals surface area contributed by atoms with Gasteiger partial charge in [0.15, 0.2) is 0 Å². The molecule has 0 aliphatic heterocycles. The van der Waals surface area contributed by atoms with Crippen LogP contribution < -0.4 is 10.6 Å². The van der Waals surface area contributed by atoms with Crippen molar-refractivity contribution in [1.82, 2.24) is 10.2 Å². The molecular weight excluding hydrogens is 442 g/mol. The fourth-order valence-electron chi connectivity index (χ4n) is 3.75. The van der Waals surface area contributed by atoms with Gasteiger partial charge in [-0.1, -0.05) is 49.4 Å². The van der Waals surface area contributed by atoms with Gasteiger partial charge >= 0.3 is 6.09 Å². The summed E-state index contributed by atoms with van der Waals surface area (Å²) in [6, 6.07) is 14.2. The summed E-state index contributed by atoms with van der Waals surface area (Å²) in [5, 5.41) is 5.57. The van der Waals surface area contributed by atoms with E-state index in [0.29, 0.717) is 12.1 Å². The maximum Gasteiger partial charge on any atom is 0.408 e. The molecule has 7 heteroatoms. The number of ether oxygens (including phenoxy) is 1. The summed E-state index contributed by atoms with van der Waals surface area (Å²) < 4.78 is 5.28. The number of rotatable bonds is 8. The van der Waals surface area contributed by atoms with E-state index in [9.17, 15) is 14.4 Å². The number of carbonyl (C=O) groups is 3. The van der Waals surface area contributed by atoms with Gasteiger partial charge in [0.05, 0.1) is 0 Å². The lowest BCUT2D eigenvalue weighted by Crippen LogP contribution is -2.55. The van der Waals surface area contributed by atoms with E-state index < -0.39 is 23.3 Å². The van der Waals surface area contributed by atoms with Gasteiger partial charge in [-0.05, 0) is 77.6 Å². The van der Waals surface area contributed by atoms with Gasteiger partial charge in [-0.3, -0.25) is 9.59 Å². The predicted octanol–water partition coefficient (Wildman–Crippen LogP) is 5.53. The van der Waals surface area contributed by atoms with E-state index >= 15 is 0 Å². The van der Waals surface area contributed by atoms with Gasteiger partial charge in [0.2, 0.25) is 5.91 Å². The van der Waals surface area contributed by atoms with Crippen LogP contribution in [0, 0.1) is 13.8 Å². The van der Waals surface area contributed by atoms with Gasteiger partial charge in [-0.2, -0.15) is 0 Å². The fraction of sp³-hybridized carbons (Fsp3) is 0.464. The van der Waals surface area contributed by atoms with Crippen LogP contribution >= 0.6 is 0 Å². The summed E-state index contributed by atoms with van der Waals surface area (Å²) in [7, 11) is 0. The quantitative estimate of drug-likeness (QED) is 0.519. The van der Waals surface area contributed by atoms with Crippen LogP contribution in [0.4, 0.5) is 10.5 Å². The largest absolute Gasteiger partial charge is 0.444 e. The van der Waals surface area contributed by atoms with Gasteiger partial charge < -0.3 is 20.3 Å². The molecule has 35 heavy (non-hydrogen) atoms. The lowest BCUT2D eigenvalue weighted by atomic mass is 9.91. The minimum absolute atomic E-state index is 0.293. The van der Waals surface area contributed by atoms with Gasteiger partial charge in [0.1, 0.15) is 18.2 Å². The highest BCUT2D eigenvalue weighted by atomic mass is 16.6. The molecule has 1 atom stereocenters. The summed E-state index contributed by atoms with van der Waals surface area (Å²) in [6.07, 6.45) is -0.0810. The van der Waals surface area contributed by atoms with Crippen molar-refractivity contribution in [1.29, 1.82) is 0 Å². The molecule has 1 unspecified atom stereocenters. The second-order valence-corrected chi connectivity index (χ2v) is 10.3. The molecular formula is C28H39N3O4. The summed E-state index contributed by atoms with van der Waals surface area (Å²) in [5.41, 5.74) is 1.86. The number of alkyl carbamates (subject to hydrolysis) is 1. The molecule has 0 radical (unpaired) electrons. The van der Waals surface area contributed by atoms with Crippen LogP contribution in [0.25, 0.3) is 0 Å². The van der Waals surface area contributed by atoms with E-state index in [1.807, 2.05) is 83.1 Å². The SMILES string of the molecule is CCC(C)(C)N(C(=O)CNC(=O)OC(C)(C)C)C(C(=O)Nc1ccccc1C)c1ccccc1C. The van der Waals surface area contributed by atoms with Crippen LogP contribution in [0.1, 0.15) is 70.7 Å².